The van der Waals surface area contributed by atoms with E-state index in [0.717, 1.165) is 0 Å². The molecule has 0 saturated heterocycles. The Morgan fingerprint density at radius 1 is 1.23 bits per heavy atom. The molecule has 0 atom stereocenters. The molecule has 5 heteroatoms. The van der Waals surface area contributed by atoms with Gasteiger partial charge in [0, 0.05) is 12.1 Å². The zero-order valence-electron chi connectivity index (χ0n) is 13.3. The second-order valence-electron chi connectivity index (χ2n) is 5.19. The summed E-state index contributed by atoms with van der Waals surface area (Å²) >= 11 is 0. The Hall–Kier alpha value is -2.35. The minimum Gasteiger partial charge on any atom is -0.466 e. The highest BCUT2D eigenvalue weighted by Crippen LogP contribution is 2.21. The lowest BCUT2D eigenvalue weighted by Gasteiger charge is -2.20. The molecule has 118 valence electrons. The van der Waals surface area contributed by atoms with Crippen LogP contribution in [0.15, 0.2) is 24.3 Å². The molecule has 0 heterocycles. The Kier molecular flexibility index (Phi) is 7.11. The highest BCUT2D eigenvalue weighted by molar-refractivity contribution is 5.95. The molecule has 0 saturated carbocycles. The second-order valence-corrected chi connectivity index (χ2v) is 5.19. The van der Waals surface area contributed by atoms with Gasteiger partial charge in [-0.3, -0.25) is 14.5 Å². The summed E-state index contributed by atoms with van der Waals surface area (Å²) < 4.78 is 4.81. The third-order valence-electron chi connectivity index (χ3n) is 3.25. The molecule has 0 aliphatic heterocycles. The first-order valence-electron chi connectivity index (χ1n) is 7.42. The van der Waals surface area contributed by atoms with Gasteiger partial charge in [-0.25, -0.2) is 0 Å². The van der Waals surface area contributed by atoms with Gasteiger partial charge in [0.1, 0.15) is 6.54 Å². The number of hydrogen-bond acceptors (Lipinski definition) is 4. The molecule has 0 fully saturated rings. The molecular formula is C17H22N2O3. The van der Waals surface area contributed by atoms with Crippen molar-refractivity contribution in [3.63, 3.8) is 0 Å². The van der Waals surface area contributed by atoms with Crippen LogP contribution < -0.4 is 4.90 Å². The SMILES string of the molecule is CCOC(=O)CCC(=O)N(CC#N)c1ccc(C(C)C)cc1. The van der Waals surface area contributed by atoms with Crippen LogP contribution in [0.5, 0.6) is 0 Å². The molecular weight excluding hydrogens is 280 g/mol. The number of ether oxygens (including phenoxy) is 1. The van der Waals surface area contributed by atoms with Crippen LogP contribution in [0.3, 0.4) is 0 Å². The lowest BCUT2D eigenvalue weighted by molar-refractivity contribution is -0.144. The van der Waals surface area contributed by atoms with Crippen LogP contribution >= 0.6 is 0 Å². The van der Waals surface area contributed by atoms with Crippen LogP contribution in [-0.4, -0.2) is 25.0 Å². The Bertz CT molecular complexity index is 544. The summed E-state index contributed by atoms with van der Waals surface area (Å²) in [6.45, 7) is 6.16. The maximum Gasteiger partial charge on any atom is 0.306 e. The summed E-state index contributed by atoms with van der Waals surface area (Å²) in [5.41, 5.74) is 1.83. The molecule has 0 N–H and O–H groups in total. The minimum absolute atomic E-state index is 0.0265. The zero-order valence-corrected chi connectivity index (χ0v) is 13.3. The number of esters is 1. The average molecular weight is 302 g/mol. The van der Waals surface area contributed by atoms with Gasteiger partial charge in [-0.2, -0.15) is 5.26 Å². The summed E-state index contributed by atoms with van der Waals surface area (Å²) in [5.74, 6) is -0.257. The molecule has 1 rings (SSSR count). The first kappa shape index (κ1) is 17.7. The number of nitrogens with zero attached hydrogens (tertiary/aromatic N) is 2. The van der Waals surface area contributed by atoms with E-state index in [1.165, 1.54) is 10.5 Å². The van der Waals surface area contributed by atoms with E-state index >= 15 is 0 Å². The first-order valence-corrected chi connectivity index (χ1v) is 7.42. The van der Waals surface area contributed by atoms with E-state index in [9.17, 15) is 9.59 Å². The maximum atomic E-state index is 12.2. The normalized spacial score (nSPS) is 10.1. The molecule has 1 aromatic carbocycles. The predicted octanol–water partition coefficient (Wildman–Crippen LogP) is 3.01. The number of carbonyl (C=O) groups is 2. The minimum atomic E-state index is -0.400. The molecule has 0 bridgehead atoms. The van der Waals surface area contributed by atoms with Crippen LogP contribution in [0.2, 0.25) is 0 Å². The van der Waals surface area contributed by atoms with Gasteiger partial charge in [0.25, 0.3) is 0 Å². The molecule has 22 heavy (non-hydrogen) atoms. The monoisotopic (exact) mass is 302 g/mol. The Labute approximate surface area is 131 Å². The number of anilines is 1. The molecule has 0 radical (unpaired) electrons. The van der Waals surface area contributed by atoms with E-state index in [2.05, 4.69) is 13.8 Å². The number of benzene rings is 1. The van der Waals surface area contributed by atoms with Gasteiger partial charge < -0.3 is 4.74 Å². The first-order chi connectivity index (χ1) is 10.5. The Morgan fingerprint density at radius 3 is 2.36 bits per heavy atom. The van der Waals surface area contributed by atoms with Crippen molar-refractivity contribution in [1.29, 1.82) is 5.26 Å². The van der Waals surface area contributed by atoms with E-state index < -0.39 is 5.97 Å². The van der Waals surface area contributed by atoms with Crippen molar-refractivity contribution in [3.05, 3.63) is 29.8 Å². The van der Waals surface area contributed by atoms with E-state index in [-0.39, 0.29) is 25.3 Å². The quantitative estimate of drug-likeness (QED) is 0.573. The number of carbonyl (C=O) groups excluding carboxylic acids is 2. The fourth-order valence-electron chi connectivity index (χ4n) is 2.01. The smallest absolute Gasteiger partial charge is 0.306 e. The molecule has 1 aromatic rings. The number of amides is 1. The molecule has 1 amide bonds. The van der Waals surface area contributed by atoms with Gasteiger partial charge in [-0.05, 0) is 30.5 Å². The van der Waals surface area contributed by atoms with Gasteiger partial charge in [0.15, 0.2) is 0 Å². The molecule has 5 nitrogen and oxygen atoms in total. The predicted molar refractivity (Wildman–Crippen MR) is 84.4 cm³/mol. The topological polar surface area (TPSA) is 70.4 Å². The molecule has 0 aromatic heterocycles. The third-order valence-corrected chi connectivity index (χ3v) is 3.25. The highest BCUT2D eigenvalue weighted by Gasteiger charge is 2.17. The standard InChI is InChI=1S/C17H22N2O3/c1-4-22-17(21)10-9-16(20)19(12-11-18)15-7-5-14(6-8-15)13(2)3/h5-8,13H,4,9-10,12H2,1-3H3. The second kappa shape index (κ2) is 8.83. The van der Waals surface area contributed by atoms with E-state index in [1.54, 1.807) is 6.92 Å². The van der Waals surface area contributed by atoms with Gasteiger partial charge in [0.05, 0.1) is 19.1 Å². The molecule has 0 unspecified atom stereocenters. The van der Waals surface area contributed by atoms with Crippen molar-refractivity contribution < 1.29 is 14.3 Å². The summed E-state index contributed by atoms with van der Waals surface area (Å²) in [7, 11) is 0. The van der Waals surface area contributed by atoms with E-state index in [0.29, 0.717) is 18.2 Å². The highest BCUT2D eigenvalue weighted by atomic mass is 16.5. The fraction of sp³-hybridized carbons (Fsp3) is 0.471. The number of nitriles is 1. The molecule has 0 aliphatic rings. The van der Waals surface area contributed by atoms with Crippen LogP contribution in [0, 0.1) is 11.3 Å². The van der Waals surface area contributed by atoms with E-state index in [1.807, 2.05) is 30.3 Å². The number of rotatable bonds is 7. The van der Waals surface area contributed by atoms with E-state index in [4.69, 9.17) is 10.00 Å². The van der Waals surface area contributed by atoms with Crippen molar-refractivity contribution in [3.8, 4) is 6.07 Å². The summed E-state index contributed by atoms with van der Waals surface area (Å²) in [6, 6.07) is 9.54. The van der Waals surface area contributed by atoms with Gasteiger partial charge >= 0.3 is 5.97 Å². The Balaban J connectivity index is 2.77. The van der Waals surface area contributed by atoms with Crippen molar-refractivity contribution in [1.82, 2.24) is 0 Å². The largest absolute Gasteiger partial charge is 0.466 e. The maximum absolute atomic E-state index is 12.2. The molecule has 0 spiro atoms. The fourth-order valence-corrected chi connectivity index (χ4v) is 2.01. The zero-order chi connectivity index (χ0) is 16.5. The van der Waals surface area contributed by atoms with Crippen molar-refractivity contribution in [2.24, 2.45) is 0 Å². The van der Waals surface area contributed by atoms with Crippen molar-refractivity contribution in [2.75, 3.05) is 18.1 Å². The van der Waals surface area contributed by atoms with Crippen molar-refractivity contribution >= 4 is 17.6 Å². The lowest BCUT2D eigenvalue weighted by Crippen LogP contribution is -2.31. The summed E-state index contributed by atoms with van der Waals surface area (Å²) in [4.78, 5) is 24.9. The van der Waals surface area contributed by atoms with Crippen LogP contribution in [0.4, 0.5) is 5.69 Å². The Morgan fingerprint density at radius 2 is 1.86 bits per heavy atom. The lowest BCUT2D eigenvalue weighted by atomic mass is 10.0. The average Bonchev–Trinajstić information content (AvgIpc) is 2.50. The van der Waals surface area contributed by atoms with Gasteiger partial charge in [-0.15, -0.1) is 0 Å². The van der Waals surface area contributed by atoms with Gasteiger partial charge in [0.2, 0.25) is 5.91 Å². The van der Waals surface area contributed by atoms with Gasteiger partial charge in [-0.1, -0.05) is 26.0 Å². The summed E-state index contributed by atoms with van der Waals surface area (Å²) in [6.07, 6.45) is 0.0606. The van der Waals surface area contributed by atoms with Crippen molar-refractivity contribution in [2.45, 2.75) is 39.5 Å². The van der Waals surface area contributed by atoms with Crippen LogP contribution in [0.1, 0.15) is 45.1 Å². The summed E-state index contributed by atoms with van der Waals surface area (Å²) in [5, 5.41) is 8.92. The van der Waals surface area contributed by atoms with Crippen LogP contribution in [-0.2, 0) is 14.3 Å². The van der Waals surface area contributed by atoms with Crippen LogP contribution in [0.25, 0.3) is 0 Å². The number of hydrogen-bond donors (Lipinski definition) is 0. The molecule has 0 aliphatic carbocycles. The third kappa shape index (κ3) is 5.21.